The van der Waals surface area contributed by atoms with Gasteiger partial charge in [0.2, 0.25) is 0 Å². The number of rotatable bonds is 2. The summed E-state index contributed by atoms with van der Waals surface area (Å²) in [7, 11) is 0. The Hall–Kier alpha value is -1.52. The van der Waals surface area contributed by atoms with Crippen LogP contribution in [-0.4, -0.2) is 4.98 Å². The van der Waals surface area contributed by atoms with Gasteiger partial charge < -0.3 is 9.73 Å². The fourth-order valence-electron chi connectivity index (χ4n) is 1.63. The Bertz CT molecular complexity index is 694. The normalized spacial score (nSPS) is 10.8. The van der Waals surface area contributed by atoms with Crippen LogP contribution in [-0.2, 0) is 0 Å². The third-order valence-corrected chi connectivity index (χ3v) is 3.36. The number of para-hydroxylation sites is 1. The lowest BCUT2D eigenvalue weighted by atomic mass is 10.3. The second-order valence-corrected chi connectivity index (χ2v) is 5.03. The van der Waals surface area contributed by atoms with E-state index in [9.17, 15) is 0 Å². The molecule has 18 heavy (non-hydrogen) atoms. The van der Waals surface area contributed by atoms with Crippen molar-refractivity contribution in [2.24, 2.45) is 0 Å². The molecule has 3 nitrogen and oxygen atoms in total. The Kier molecular flexibility index (Phi) is 2.97. The summed E-state index contributed by atoms with van der Waals surface area (Å²) in [6, 6.07) is 13.5. The van der Waals surface area contributed by atoms with Crippen molar-refractivity contribution in [1.29, 1.82) is 0 Å². The second kappa shape index (κ2) is 4.63. The van der Waals surface area contributed by atoms with Gasteiger partial charge in [0, 0.05) is 15.2 Å². The van der Waals surface area contributed by atoms with E-state index in [1.165, 1.54) is 0 Å². The predicted molar refractivity (Wildman–Crippen MR) is 76.4 cm³/mol. The molecule has 90 valence electrons. The predicted octanol–water partition coefficient (Wildman–Crippen LogP) is 4.99. The molecule has 0 aliphatic carbocycles. The van der Waals surface area contributed by atoms with Gasteiger partial charge in [-0.2, -0.15) is 4.98 Å². The van der Waals surface area contributed by atoms with Crippen molar-refractivity contribution in [2.75, 3.05) is 5.32 Å². The van der Waals surface area contributed by atoms with E-state index in [0.717, 1.165) is 21.3 Å². The van der Waals surface area contributed by atoms with E-state index in [2.05, 4.69) is 26.2 Å². The van der Waals surface area contributed by atoms with Crippen molar-refractivity contribution in [2.45, 2.75) is 0 Å². The summed E-state index contributed by atoms with van der Waals surface area (Å²) in [6.07, 6.45) is 0. The van der Waals surface area contributed by atoms with Crippen LogP contribution in [0.25, 0.3) is 11.1 Å². The molecule has 0 radical (unpaired) electrons. The Balaban J connectivity index is 1.95. The summed E-state index contributed by atoms with van der Waals surface area (Å²) in [5.74, 6) is 0. The number of anilines is 2. The molecule has 0 aliphatic rings. The average molecular weight is 324 g/mol. The average Bonchev–Trinajstić information content (AvgIpc) is 2.76. The first-order valence-corrected chi connectivity index (χ1v) is 6.47. The van der Waals surface area contributed by atoms with Crippen LogP contribution < -0.4 is 5.32 Å². The molecule has 0 saturated heterocycles. The maximum atomic E-state index is 5.83. The van der Waals surface area contributed by atoms with Crippen molar-refractivity contribution >= 4 is 50.3 Å². The Labute approximate surface area is 117 Å². The number of nitrogens with one attached hydrogen (secondary N) is 1. The summed E-state index contributed by atoms with van der Waals surface area (Å²) in [5.41, 5.74) is 2.41. The Morgan fingerprint density at radius 2 is 1.89 bits per heavy atom. The Morgan fingerprint density at radius 1 is 1.11 bits per heavy atom. The van der Waals surface area contributed by atoms with E-state index < -0.39 is 0 Å². The van der Waals surface area contributed by atoms with E-state index in [1.54, 1.807) is 0 Å². The fourth-order valence-corrected chi connectivity index (χ4v) is 2.19. The maximum absolute atomic E-state index is 5.83. The molecule has 1 N–H and O–H groups in total. The molecule has 2 aromatic carbocycles. The van der Waals surface area contributed by atoms with Crippen LogP contribution in [0.3, 0.4) is 0 Å². The lowest BCUT2D eigenvalue weighted by molar-refractivity contribution is 0.623. The van der Waals surface area contributed by atoms with Crippen molar-refractivity contribution < 1.29 is 4.42 Å². The van der Waals surface area contributed by atoms with Crippen LogP contribution in [0, 0.1) is 0 Å². The molecule has 0 saturated carbocycles. The minimum absolute atomic E-state index is 0.458. The summed E-state index contributed by atoms with van der Waals surface area (Å²) in [6.45, 7) is 0. The van der Waals surface area contributed by atoms with Gasteiger partial charge in [-0.05, 0) is 52.3 Å². The van der Waals surface area contributed by atoms with Gasteiger partial charge in [-0.15, -0.1) is 0 Å². The van der Waals surface area contributed by atoms with E-state index in [-0.39, 0.29) is 0 Å². The zero-order chi connectivity index (χ0) is 12.5. The number of oxazole rings is 1. The molecule has 0 amide bonds. The van der Waals surface area contributed by atoms with Crippen molar-refractivity contribution in [3.63, 3.8) is 0 Å². The molecular weight excluding hydrogens is 316 g/mol. The van der Waals surface area contributed by atoms with Gasteiger partial charge in [-0.1, -0.05) is 17.7 Å². The topological polar surface area (TPSA) is 38.1 Å². The number of fused-ring (bicyclic) bond motifs is 1. The first-order chi connectivity index (χ1) is 8.72. The highest BCUT2D eigenvalue weighted by molar-refractivity contribution is 9.10. The molecule has 0 bridgehead atoms. The zero-order valence-corrected chi connectivity index (χ0v) is 11.5. The lowest BCUT2D eigenvalue weighted by Gasteiger charge is -2.00. The quantitative estimate of drug-likeness (QED) is 0.722. The fraction of sp³-hybridized carbons (Fsp3) is 0. The highest BCUT2D eigenvalue weighted by Crippen LogP contribution is 2.27. The first kappa shape index (κ1) is 11.6. The standard InChI is InChI=1S/C13H8BrClN2O/c14-10-2-1-3-11-12(10)17-13(18-11)16-9-6-4-8(15)5-7-9/h1-7H,(H,16,17). The molecule has 0 atom stereocenters. The van der Waals surface area contributed by atoms with E-state index in [4.69, 9.17) is 16.0 Å². The van der Waals surface area contributed by atoms with Crippen LogP contribution >= 0.6 is 27.5 Å². The van der Waals surface area contributed by atoms with Crippen molar-refractivity contribution in [3.05, 3.63) is 52.0 Å². The molecule has 1 heterocycles. The third-order valence-electron chi connectivity index (χ3n) is 2.47. The van der Waals surface area contributed by atoms with Crippen LogP contribution in [0.5, 0.6) is 0 Å². The summed E-state index contributed by atoms with van der Waals surface area (Å²) in [4.78, 5) is 4.37. The second-order valence-electron chi connectivity index (χ2n) is 3.74. The monoisotopic (exact) mass is 322 g/mol. The first-order valence-electron chi connectivity index (χ1n) is 5.30. The van der Waals surface area contributed by atoms with Crippen LogP contribution in [0.15, 0.2) is 51.4 Å². The molecular formula is C13H8BrClN2O. The van der Waals surface area contributed by atoms with E-state index in [0.29, 0.717) is 11.0 Å². The number of aromatic nitrogens is 1. The molecule has 0 unspecified atom stereocenters. The third kappa shape index (κ3) is 2.21. The van der Waals surface area contributed by atoms with E-state index >= 15 is 0 Å². The molecule has 0 fully saturated rings. The van der Waals surface area contributed by atoms with Crippen LogP contribution in [0.4, 0.5) is 11.7 Å². The summed E-state index contributed by atoms with van der Waals surface area (Å²) >= 11 is 9.26. The SMILES string of the molecule is Clc1ccc(Nc2nc3c(Br)cccc3o2)cc1. The molecule has 0 spiro atoms. The smallest absolute Gasteiger partial charge is 0.300 e. The molecule has 1 aromatic heterocycles. The highest BCUT2D eigenvalue weighted by Gasteiger charge is 2.08. The van der Waals surface area contributed by atoms with Crippen LogP contribution in [0.1, 0.15) is 0 Å². The van der Waals surface area contributed by atoms with Gasteiger partial charge in [0.15, 0.2) is 5.58 Å². The maximum Gasteiger partial charge on any atom is 0.300 e. The molecule has 3 aromatic rings. The van der Waals surface area contributed by atoms with Crippen molar-refractivity contribution in [3.8, 4) is 0 Å². The number of halogens is 2. The van der Waals surface area contributed by atoms with E-state index in [1.807, 2.05) is 42.5 Å². The van der Waals surface area contributed by atoms with Gasteiger partial charge in [-0.3, -0.25) is 0 Å². The van der Waals surface area contributed by atoms with Gasteiger partial charge in [-0.25, -0.2) is 0 Å². The molecule has 3 rings (SSSR count). The number of nitrogens with zero attached hydrogens (tertiary/aromatic N) is 1. The minimum atomic E-state index is 0.458. The largest absolute Gasteiger partial charge is 0.423 e. The highest BCUT2D eigenvalue weighted by atomic mass is 79.9. The minimum Gasteiger partial charge on any atom is -0.423 e. The summed E-state index contributed by atoms with van der Waals surface area (Å²) in [5, 5.41) is 3.79. The van der Waals surface area contributed by atoms with Crippen LogP contribution in [0.2, 0.25) is 5.02 Å². The van der Waals surface area contributed by atoms with Gasteiger partial charge >= 0.3 is 0 Å². The van der Waals surface area contributed by atoms with Gasteiger partial charge in [0.1, 0.15) is 5.52 Å². The Morgan fingerprint density at radius 3 is 2.61 bits per heavy atom. The number of hydrogen-bond acceptors (Lipinski definition) is 3. The number of benzene rings is 2. The van der Waals surface area contributed by atoms with Crippen molar-refractivity contribution in [1.82, 2.24) is 4.98 Å². The molecule has 5 heteroatoms. The lowest BCUT2D eigenvalue weighted by Crippen LogP contribution is -1.89. The molecule has 0 aliphatic heterocycles. The number of hydrogen-bond donors (Lipinski definition) is 1. The van der Waals surface area contributed by atoms with Gasteiger partial charge in [0.05, 0.1) is 0 Å². The summed E-state index contributed by atoms with van der Waals surface area (Å²) < 4.78 is 6.51. The zero-order valence-electron chi connectivity index (χ0n) is 9.15. The van der Waals surface area contributed by atoms with Gasteiger partial charge in [0.25, 0.3) is 6.01 Å².